The lowest BCUT2D eigenvalue weighted by atomic mass is 9.78. The summed E-state index contributed by atoms with van der Waals surface area (Å²) in [5, 5.41) is 10.6. The summed E-state index contributed by atoms with van der Waals surface area (Å²) in [6.45, 7) is 14.4. The van der Waals surface area contributed by atoms with Gasteiger partial charge in [-0.3, -0.25) is 4.79 Å². The number of rotatable bonds is 11. The fraction of sp³-hybridized carbons (Fsp3) is 0.789. The molecule has 2 unspecified atom stereocenters. The van der Waals surface area contributed by atoms with E-state index in [4.69, 9.17) is 4.52 Å². The molecule has 0 radical (unpaired) electrons. The van der Waals surface area contributed by atoms with Crippen molar-refractivity contribution in [2.45, 2.75) is 79.7 Å². The Bertz CT molecular complexity index is 513. The third-order valence-electron chi connectivity index (χ3n) is 5.06. The molecule has 138 valence electrons. The van der Waals surface area contributed by atoms with Gasteiger partial charge in [-0.15, -0.1) is 0 Å². The molecule has 0 saturated carbocycles. The molecule has 0 aromatic carbocycles. The van der Waals surface area contributed by atoms with Gasteiger partial charge in [0.2, 0.25) is 0 Å². The lowest BCUT2D eigenvalue weighted by molar-refractivity contribution is 0.0907. The Morgan fingerprint density at radius 3 is 2.54 bits per heavy atom. The molecule has 24 heavy (non-hydrogen) atoms. The highest BCUT2D eigenvalue weighted by Gasteiger charge is 2.31. The van der Waals surface area contributed by atoms with Gasteiger partial charge in [-0.2, -0.15) is 0 Å². The molecule has 0 saturated heterocycles. The van der Waals surface area contributed by atoms with Crippen LogP contribution in [0, 0.1) is 12.3 Å². The molecule has 0 bridgehead atoms. The van der Waals surface area contributed by atoms with Gasteiger partial charge in [-0.1, -0.05) is 45.7 Å². The zero-order valence-corrected chi connectivity index (χ0v) is 16.3. The van der Waals surface area contributed by atoms with Crippen molar-refractivity contribution >= 4 is 5.91 Å². The summed E-state index contributed by atoms with van der Waals surface area (Å²) in [6.07, 6.45) is 5.27. The second kappa shape index (κ2) is 9.82. The van der Waals surface area contributed by atoms with Crippen LogP contribution in [0.5, 0.6) is 0 Å². The molecule has 1 aromatic rings. The zero-order chi connectivity index (χ0) is 18.2. The van der Waals surface area contributed by atoms with Crippen LogP contribution in [0.15, 0.2) is 4.52 Å². The highest BCUT2D eigenvalue weighted by Crippen LogP contribution is 2.27. The summed E-state index contributed by atoms with van der Waals surface area (Å²) in [5.41, 5.74) is 1.28. The van der Waals surface area contributed by atoms with Gasteiger partial charge in [0, 0.05) is 24.6 Å². The van der Waals surface area contributed by atoms with Gasteiger partial charge < -0.3 is 15.2 Å². The van der Waals surface area contributed by atoms with Crippen molar-refractivity contribution in [1.29, 1.82) is 0 Å². The van der Waals surface area contributed by atoms with Gasteiger partial charge in [0.1, 0.15) is 5.76 Å². The molecular weight excluding hydrogens is 302 g/mol. The number of hydrogen-bond acceptors (Lipinski definition) is 4. The van der Waals surface area contributed by atoms with Crippen LogP contribution < -0.4 is 10.6 Å². The van der Waals surface area contributed by atoms with Crippen LogP contribution in [0.4, 0.5) is 0 Å². The largest absolute Gasteiger partial charge is 0.360 e. The number of aromatic nitrogens is 1. The molecule has 2 atom stereocenters. The number of carbonyl (C=O) groups is 1. The third kappa shape index (κ3) is 5.33. The van der Waals surface area contributed by atoms with Crippen molar-refractivity contribution in [1.82, 2.24) is 15.8 Å². The lowest BCUT2D eigenvalue weighted by Crippen LogP contribution is -2.48. The van der Waals surface area contributed by atoms with Gasteiger partial charge in [-0.25, -0.2) is 0 Å². The predicted molar refractivity (Wildman–Crippen MR) is 98.3 cm³/mol. The molecule has 0 aliphatic heterocycles. The Morgan fingerprint density at radius 2 is 2.00 bits per heavy atom. The minimum Gasteiger partial charge on any atom is -0.360 e. The maximum Gasteiger partial charge on any atom is 0.273 e. The maximum atomic E-state index is 12.5. The fourth-order valence-electron chi connectivity index (χ4n) is 3.05. The van der Waals surface area contributed by atoms with Gasteiger partial charge in [0.15, 0.2) is 5.69 Å². The Morgan fingerprint density at radius 1 is 1.29 bits per heavy atom. The van der Waals surface area contributed by atoms with Gasteiger partial charge in [0.05, 0.1) is 0 Å². The van der Waals surface area contributed by atoms with Crippen molar-refractivity contribution in [2.24, 2.45) is 5.41 Å². The number of carbonyl (C=O) groups excluding carboxylic acids is 1. The second-order valence-corrected chi connectivity index (χ2v) is 7.05. The molecule has 1 amide bonds. The van der Waals surface area contributed by atoms with Crippen LogP contribution in [-0.4, -0.2) is 30.2 Å². The van der Waals surface area contributed by atoms with Crippen molar-refractivity contribution in [3.8, 4) is 0 Å². The first-order valence-electron chi connectivity index (χ1n) is 9.36. The summed E-state index contributed by atoms with van der Waals surface area (Å²) < 4.78 is 5.23. The molecule has 1 heterocycles. The monoisotopic (exact) mass is 337 g/mol. The van der Waals surface area contributed by atoms with Crippen LogP contribution >= 0.6 is 0 Å². The molecule has 0 aliphatic rings. The van der Waals surface area contributed by atoms with Gasteiger partial charge >= 0.3 is 0 Å². The molecule has 1 rings (SSSR count). The third-order valence-corrected chi connectivity index (χ3v) is 5.06. The Balaban J connectivity index is 2.70. The number of nitrogens with zero attached hydrogens (tertiary/aromatic N) is 1. The van der Waals surface area contributed by atoms with E-state index in [2.05, 4.69) is 43.5 Å². The minimum atomic E-state index is -0.140. The Labute approximate surface area is 146 Å². The predicted octanol–water partition coefficient (Wildman–Crippen LogP) is 3.86. The normalized spacial score (nSPS) is 15.1. The number of hydrogen-bond donors (Lipinski definition) is 2. The van der Waals surface area contributed by atoms with Crippen molar-refractivity contribution in [2.75, 3.05) is 13.1 Å². The molecule has 1 aromatic heterocycles. The quantitative estimate of drug-likeness (QED) is 0.602. The van der Waals surface area contributed by atoms with Crippen LogP contribution in [0.3, 0.4) is 0 Å². The van der Waals surface area contributed by atoms with E-state index in [1.54, 1.807) is 0 Å². The van der Waals surface area contributed by atoms with Crippen LogP contribution in [-0.2, 0) is 6.42 Å². The highest BCUT2D eigenvalue weighted by atomic mass is 16.5. The minimum absolute atomic E-state index is 0.0172. The van der Waals surface area contributed by atoms with Crippen LogP contribution in [0.25, 0.3) is 0 Å². The van der Waals surface area contributed by atoms with Crippen molar-refractivity contribution in [3.05, 3.63) is 17.0 Å². The van der Waals surface area contributed by atoms with E-state index in [1.807, 2.05) is 13.8 Å². The fourth-order valence-corrected chi connectivity index (χ4v) is 3.05. The van der Waals surface area contributed by atoms with Crippen LogP contribution in [0.1, 0.15) is 82.1 Å². The molecular formula is C19H35N3O2. The van der Waals surface area contributed by atoms with E-state index in [1.165, 1.54) is 12.8 Å². The molecule has 0 fully saturated rings. The van der Waals surface area contributed by atoms with E-state index >= 15 is 0 Å². The first-order valence-corrected chi connectivity index (χ1v) is 9.36. The summed E-state index contributed by atoms with van der Waals surface area (Å²) in [5.74, 6) is 0.644. The molecule has 0 aliphatic carbocycles. The smallest absolute Gasteiger partial charge is 0.273 e. The summed E-state index contributed by atoms with van der Waals surface area (Å²) in [7, 11) is 0. The van der Waals surface area contributed by atoms with Crippen LogP contribution in [0.2, 0.25) is 0 Å². The molecule has 5 nitrogen and oxygen atoms in total. The van der Waals surface area contributed by atoms with Crippen molar-refractivity contribution < 1.29 is 9.32 Å². The summed E-state index contributed by atoms with van der Waals surface area (Å²) in [4.78, 5) is 12.5. The van der Waals surface area contributed by atoms with E-state index in [0.29, 0.717) is 18.3 Å². The van der Waals surface area contributed by atoms with E-state index in [0.717, 1.165) is 37.1 Å². The molecule has 0 spiro atoms. The molecule has 2 N–H and O–H groups in total. The number of aryl methyl sites for hydroxylation is 1. The molecule has 5 heteroatoms. The number of amides is 1. The van der Waals surface area contributed by atoms with Gasteiger partial charge in [-0.05, 0) is 38.6 Å². The first-order chi connectivity index (χ1) is 11.4. The van der Waals surface area contributed by atoms with Gasteiger partial charge in [0.25, 0.3) is 5.91 Å². The first kappa shape index (κ1) is 20.7. The lowest BCUT2D eigenvalue weighted by Gasteiger charge is -2.36. The van der Waals surface area contributed by atoms with E-state index in [-0.39, 0.29) is 11.3 Å². The highest BCUT2D eigenvalue weighted by molar-refractivity contribution is 5.93. The summed E-state index contributed by atoms with van der Waals surface area (Å²) >= 11 is 0. The van der Waals surface area contributed by atoms with E-state index in [9.17, 15) is 4.79 Å². The van der Waals surface area contributed by atoms with E-state index < -0.39 is 0 Å². The number of nitrogens with one attached hydrogen (secondary N) is 2. The topological polar surface area (TPSA) is 67.2 Å². The average Bonchev–Trinajstić information content (AvgIpc) is 2.93. The Kier molecular flexibility index (Phi) is 8.46. The average molecular weight is 338 g/mol. The zero-order valence-electron chi connectivity index (χ0n) is 16.3. The van der Waals surface area contributed by atoms with Crippen molar-refractivity contribution in [3.63, 3.8) is 0 Å². The second-order valence-electron chi connectivity index (χ2n) is 7.05. The summed E-state index contributed by atoms with van der Waals surface area (Å²) in [6, 6.07) is 0.342. The maximum absolute atomic E-state index is 12.5. The SMILES string of the molecule is CCCCNC(C)C(C)(CCC)CNC(=O)c1noc(CC)c1C. The number of unbranched alkanes of at least 4 members (excludes halogenated alkanes) is 1. The Hall–Kier alpha value is -1.36. The standard InChI is InChI=1S/C19H35N3O2/c1-7-10-12-20-15(5)19(6,11-8-2)13-21-18(23)17-14(4)16(9-3)24-22-17/h15,20H,7-13H2,1-6H3,(H,21,23).